The molecule has 0 atom stereocenters. The highest BCUT2D eigenvalue weighted by atomic mass is 79.9. The second kappa shape index (κ2) is 10.5. The molecule has 0 aliphatic carbocycles. The van der Waals surface area contributed by atoms with Crippen LogP contribution in [0.4, 0.5) is 0 Å². The van der Waals surface area contributed by atoms with Crippen molar-refractivity contribution >= 4 is 50.8 Å². The van der Waals surface area contributed by atoms with Crippen LogP contribution in [0.3, 0.4) is 0 Å². The average Bonchev–Trinajstić information content (AvgIpc) is 2.74. The van der Waals surface area contributed by atoms with Crippen LogP contribution in [0, 0.1) is 11.3 Å². The maximum Gasteiger partial charge on any atom is 0.175 e. The molecule has 0 aliphatic rings. The minimum absolute atomic E-state index is 0.399. The summed E-state index contributed by atoms with van der Waals surface area (Å²) in [6, 6.07) is 21.0. The van der Waals surface area contributed by atoms with E-state index < -0.39 is 0 Å². The van der Waals surface area contributed by atoms with Crippen LogP contribution >= 0.6 is 39.1 Å². The molecule has 3 nitrogen and oxygen atoms in total. The first-order valence-corrected chi connectivity index (χ1v) is 10.8. The summed E-state index contributed by atoms with van der Waals surface area (Å²) in [5.41, 5.74) is 2.99. The van der Waals surface area contributed by atoms with Gasteiger partial charge in [-0.3, -0.25) is 0 Å². The monoisotopic (exact) mass is 501 g/mol. The zero-order valence-electron chi connectivity index (χ0n) is 16.2. The molecule has 0 saturated carbocycles. The van der Waals surface area contributed by atoms with Gasteiger partial charge in [0.15, 0.2) is 11.5 Å². The van der Waals surface area contributed by atoms with Crippen LogP contribution in [-0.4, -0.2) is 6.61 Å². The molecule has 0 aromatic heterocycles. The molecule has 0 N–H and O–H groups in total. The SMILES string of the molecule is CCOc1cc(/C=C(/C#N)c2ccc(Cl)c(Cl)c2)cc(Br)c1OCc1ccccc1. The Kier molecular flexibility index (Phi) is 7.81. The van der Waals surface area contributed by atoms with Crippen molar-refractivity contribution in [2.45, 2.75) is 13.5 Å². The van der Waals surface area contributed by atoms with E-state index in [-0.39, 0.29) is 0 Å². The summed E-state index contributed by atoms with van der Waals surface area (Å²) in [7, 11) is 0. The Morgan fingerprint density at radius 2 is 1.80 bits per heavy atom. The maximum absolute atomic E-state index is 9.65. The van der Waals surface area contributed by atoms with Gasteiger partial charge in [-0.1, -0.05) is 59.6 Å². The molecule has 30 heavy (non-hydrogen) atoms. The van der Waals surface area contributed by atoms with Crippen LogP contribution in [0.2, 0.25) is 10.0 Å². The zero-order valence-corrected chi connectivity index (χ0v) is 19.3. The summed E-state index contributed by atoms with van der Waals surface area (Å²) in [4.78, 5) is 0. The molecule has 3 aromatic carbocycles. The van der Waals surface area contributed by atoms with Crippen LogP contribution in [0.15, 0.2) is 65.1 Å². The molecule has 0 bridgehead atoms. The third-order valence-electron chi connectivity index (χ3n) is 4.22. The second-order valence-corrected chi connectivity index (χ2v) is 8.00. The van der Waals surface area contributed by atoms with E-state index in [4.69, 9.17) is 32.7 Å². The molecule has 0 aliphatic heterocycles. The quantitative estimate of drug-likeness (QED) is 0.244. The summed E-state index contributed by atoms with van der Waals surface area (Å²) in [6.45, 7) is 2.81. The van der Waals surface area contributed by atoms with E-state index in [0.717, 1.165) is 15.6 Å². The van der Waals surface area contributed by atoms with E-state index in [2.05, 4.69) is 22.0 Å². The standard InChI is InChI=1S/C24H18BrCl2NO2/c1-2-29-23-12-17(10-19(14-28)18-8-9-21(26)22(27)13-18)11-20(25)24(23)30-15-16-6-4-3-5-7-16/h3-13H,2,15H2,1H3/b19-10-. The molecule has 0 heterocycles. The van der Waals surface area contributed by atoms with Crippen molar-refractivity contribution in [2.24, 2.45) is 0 Å². The minimum atomic E-state index is 0.399. The first-order valence-electron chi connectivity index (χ1n) is 9.22. The topological polar surface area (TPSA) is 42.2 Å². The number of halogens is 3. The minimum Gasteiger partial charge on any atom is -0.490 e. The van der Waals surface area contributed by atoms with E-state index in [9.17, 15) is 5.26 Å². The lowest BCUT2D eigenvalue weighted by Crippen LogP contribution is -2.01. The lowest BCUT2D eigenvalue weighted by Gasteiger charge is -2.15. The molecule has 0 spiro atoms. The fourth-order valence-corrected chi connectivity index (χ4v) is 3.69. The predicted octanol–water partition coefficient (Wildman–Crippen LogP) is 7.80. The van der Waals surface area contributed by atoms with Crippen LogP contribution < -0.4 is 9.47 Å². The van der Waals surface area contributed by atoms with Gasteiger partial charge in [-0.15, -0.1) is 0 Å². The largest absolute Gasteiger partial charge is 0.490 e. The molecular weight excluding hydrogens is 485 g/mol. The van der Waals surface area contributed by atoms with Gasteiger partial charge in [-0.05, 0) is 69.9 Å². The second-order valence-electron chi connectivity index (χ2n) is 6.34. The summed E-state index contributed by atoms with van der Waals surface area (Å²) in [6.07, 6.45) is 1.77. The Labute approximate surface area is 194 Å². The highest BCUT2D eigenvalue weighted by Gasteiger charge is 2.13. The van der Waals surface area contributed by atoms with Gasteiger partial charge in [-0.25, -0.2) is 0 Å². The van der Waals surface area contributed by atoms with Crippen LogP contribution in [0.1, 0.15) is 23.6 Å². The Morgan fingerprint density at radius 1 is 1.03 bits per heavy atom. The molecule has 0 amide bonds. The van der Waals surface area contributed by atoms with Crippen molar-refractivity contribution in [3.8, 4) is 17.6 Å². The first-order chi connectivity index (χ1) is 14.5. The molecule has 0 fully saturated rings. The van der Waals surface area contributed by atoms with Gasteiger partial charge in [0.05, 0.1) is 32.8 Å². The highest BCUT2D eigenvalue weighted by molar-refractivity contribution is 9.10. The number of ether oxygens (including phenoxy) is 2. The highest BCUT2D eigenvalue weighted by Crippen LogP contribution is 2.38. The van der Waals surface area contributed by atoms with E-state index in [0.29, 0.717) is 45.9 Å². The van der Waals surface area contributed by atoms with Crippen LogP contribution in [0.5, 0.6) is 11.5 Å². The smallest absolute Gasteiger partial charge is 0.175 e. The van der Waals surface area contributed by atoms with Gasteiger partial charge < -0.3 is 9.47 Å². The molecule has 3 rings (SSSR count). The van der Waals surface area contributed by atoms with Crippen molar-refractivity contribution in [2.75, 3.05) is 6.61 Å². The summed E-state index contributed by atoms with van der Waals surface area (Å²) in [5, 5.41) is 10.5. The fourth-order valence-electron chi connectivity index (χ4n) is 2.81. The normalized spacial score (nSPS) is 11.1. The fraction of sp³-hybridized carbons (Fsp3) is 0.125. The summed E-state index contributed by atoms with van der Waals surface area (Å²) >= 11 is 15.7. The molecule has 6 heteroatoms. The van der Waals surface area contributed by atoms with Gasteiger partial charge in [0.1, 0.15) is 6.61 Å². The first kappa shape index (κ1) is 22.2. The molecule has 0 saturated heterocycles. The Balaban J connectivity index is 1.94. The number of nitriles is 1. The number of allylic oxidation sites excluding steroid dienone is 1. The van der Waals surface area contributed by atoms with Crippen LogP contribution in [0.25, 0.3) is 11.6 Å². The molecule has 0 radical (unpaired) electrons. The van der Waals surface area contributed by atoms with E-state index in [1.807, 2.05) is 49.4 Å². The van der Waals surface area contributed by atoms with E-state index >= 15 is 0 Å². The van der Waals surface area contributed by atoms with Gasteiger partial charge >= 0.3 is 0 Å². The number of hydrogen-bond donors (Lipinski definition) is 0. The van der Waals surface area contributed by atoms with Crippen LogP contribution in [-0.2, 0) is 6.61 Å². The van der Waals surface area contributed by atoms with E-state index in [1.165, 1.54) is 0 Å². The molecular formula is C24H18BrCl2NO2. The number of benzene rings is 3. The molecule has 0 unspecified atom stereocenters. The van der Waals surface area contributed by atoms with Crippen molar-refractivity contribution in [3.63, 3.8) is 0 Å². The number of rotatable bonds is 7. The zero-order chi connectivity index (χ0) is 21.5. The van der Waals surface area contributed by atoms with Gasteiger partial charge in [0.2, 0.25) is 0 Å². The van der Waals surface area contributed by atoms with Crippen molar-refractivity contribution in [1.82, 2.24) is 0 Å². The van der Waals surface area contributed by atoms with Gasteiger partial charge in [0.25, 0.3) is 0 Å². The Morgan fingerprint density at radius 3 is 2.47 bits per heavy atom. The third kappa shape index (κ3) is 5.58. The Hall–Kier alpha value is -2.45. The summed E-state index contributed by atoms with van der Waals surface area (Å²) < 4.78 is 12.6. The van der Waals surface area contributed by atoms with Crippen molar-refractivity contribution in [3.05, 3.63) is 91.9 Å². The summed E-state index contributed by atoms with van der Waals surface area (Å²) in [5.74, 6) is 1.21. The third-order valence-corrected chi connectivity index (χ3v) is 5.55. The lowest BCUT2D eigenvalue weighted by atomic mass is 10.0. The molecule has 152 valence electrons. The number of nitrogens with zero attached hydrogens (tertiary/aromatic N) is 1. The maximum atomic E-state index is 9.65. The lowest BCUT2D eigenvalue weighted by molar-refractivity contribution is 0.267. The average molecular weight is 503 g/mol. The van der Waals surface area contributed by atoms with Crippen molar-refractivity contribution in [1.29, 1.82) is 5.26 Å². The van der Waals surface area contributed by atoms with Gasteiger partial charge in [-0.2, -0.15) is 5.26 Å². The van der Waals surface area contributed by atoms with E-state index in [1.54, 1.807) is 24.3 Å². The molecule has 3 aromatic rings. The van der Waals surface area contributed by atoms with Crippen molar-refractivity contribution < 1.29 is 9.47 Å². The Bertz CT molecular complexity index is 1110. The predicted molar refractivity (Wildman–Crippen MR) is 126 cm³/mol. The van der Waals surface area contributed by atoms with Gasteiger partial charge in [0, 0.05) is 0 Å². The number of hydrogen-bond acceptors (Lipinski definition) is 3.